The summed E-state index contributed by atoms with van der Waals surface area (Å²) in [6.07, 6.45) is 1.74. The van der Waals surface area contributed by atoms with Crippen molar-refractivity contribution in [2.75, 3.05) is 0 Å². The number of aromatic nitrogens is 4. The van der Waals surface area contributed by atoms with Gasteiger partial charge in [-0.2, -0.15) is 4.91 Å². The van der Waals surface area contributed by atoms with Gasteiger partial charge in [0.2, 0.25) is 0 Å². The van der Waals surface area contributed by atoms with E-state index in [1.54, 1.807) is 11.7 Å². The van der Waals surface area contributed by atoms with Crippen molar-refractivity contribution in [3.05, 3.63) is 52.6 Å². The highest BCUT2D eigenvalue weighted by molar-refractivity contribution is 8.01. The number of nitrogens with zero attached hydrogens (tertiary/aromatic N) is 5. The highest BCUT2D eigenvalue weighted by Crippen LogP contribution is 2.36. The maximum absolute atomic E-state index is 10.7. The molecule has 0 N–H and O–H groups in total. The van der Waals surface area contributed by atoms with E-state index >= 15 is 0 Å². The standard InChI is InChI=1S/C15H9N5OS2/c21-18-7-10-6-12(23-15-20-17-8-22-15)11-4-3-9-2-1-5-16-13(9)14(11)19-10/h1-6,8H,7H2. The molecule has 8 heteroatoms. The van der Waals surface area contributed by atoms with E-state index in [0.717, 1.165) is 31.0 Å². The van der Waals surface area contributed by atoms with Crippen LogP contribution in [-0.2, 0) is 6.54 Å². The SMILES string of the molecule is O=NCc1cc(Sc2nncs2)c2ccc3cccnc3c2n1. The Morgan fingerprint density at radius 3 is 3.00 bits per heavy atom. The Bertz CT molecular complexity index is 1000. The van der Waals surface area contributed by atoms with Crippen molar-refractivity contribution in [3.63, 3.8) is 0 Å². The molecule has 0 amide bonds. The van der Waals surface area contributed by atoms with E-state index in [1.165, 1.54) is 23.1 Å². The first-order chi connectivity index (χ1) is 11.3. The average Bonchev–Trinajstić information content (AvgIpc) is 3.08. The largest absolute Gasteiger partial charge is 0.254 e. The molecule has 0 saturated carbocycles. The van der Waals surface area contributed by atoms with Crippen LogP contribution in [0, 0.1) is 4.91 Å². The summed E-state index contributed by atoms with van der Waals surface area (Å²) >= 11 is 2.97. The van der Waals surface area contributed by atoms with Crippen molar-refractivity contribution >= 4 is 44.9 Å². The zero-order valence-corrected chi connectivity index (χ0v) is 13.3. The Hall–Kier alpha value is -2.45. The van der Waals surface area contributed by atoms with E-state index in [2.05, 4.69) is 25.3 Å². The lowest BCUT2D eigenvalue weighted by Crippen LogP contribution is -1.93. The minimum Gasteiger partial charge on any atom is -0.254 e. The van der Waals surface area contributed by atoms with Gasteiger partial charge in [-0.3, -0.25) is 4.98 Å². The minimum atomic E-state index is 0.0306. The molecule has 0 spiro atoms. The molecular formula is C15H9N5OS2. The van der Waals surface area contributed by atoms with Gasteiger partial charge in [0, 0.05) is 21.9 Å². The molecule has 0 aliphatic carbocycles. The second-order valence-electron chi connectivity index (χ2n) is 4.74. The van der Waals surface area contributed by atoms with Crippen molar-refractivity contribution in [2.45, 2.75) is 15.8 Å². The maximum Gasteiger partial charge on any atom is 0.178 e. The molecule has 23 heavy (non-hydrogen) atoms. The number of pyridine rings is 2. The fourth-order valence-electron chi connectivity index (χ4n) is 2.38. The van der Waals surface area contributed by atoms with E-state index in [1.807, 2.05) is 30.3 Å². The van der Waals surface area contributed by atoms with Crippen LogP contribution in [0.4, 0.5) is 0 Å². The fourth-order valence-corrected chi connectivity index (χ4v) is 4.00. The van der Waals surface area contributed by atoms with Crippen LogP contribution < -0.4 is 0 Å². The lowest BCUT2D eigenvalue weighted by atomic mass is 10.1. The summed E-state index contributed by atoms with van der Waals surface area (Å²) in [5.41, 5.74) is 3.90. The number of hydrogen-bond donors (Lipinski definition) is 0. The van der Waals surface area contributed by atoms with Crippen molar-refractivity contribution in [1.29, 1.82) is 0 Å². The second kappa shape index (κ2) is 5.98. The number of hydrogen-bond acceptors (Lipinski definition) is 8. The van der Waals surface area contributed by atoms with Gasteiger partial charge >= 0.3 is 0 Å². The molecule has 3 aromatic heterocycles. The average molecular weight is 339 g/mol. The van der Waals surface area contributed by atoms with Crippen LogP contribution in [0.1, 0.15) is 5.69 Å². The second-order valence-corrected chi connectivity index (χ2v) is 6.86. The maximum atomic E-state index is 10.7. The summed E-state index contributed by atoms with van der Waals surface area (Å²) in [4.78, 5) is 20.7. The summed E-state index contributed by atoms with van der Waals surface area (Å²) in [7, 11) is 0. The van der Waals surface area contributed by atoms with Crippen LogP contribution in [0.5, 0.6) is 0 Å². The first-order valence-corrected chi connectivity index (χ1v) is 8.45. The summed E-state index contributed by atoms with van der Waals surface area (Å²) in [6, 6.07) is 9.81. The third kappa shape index (κ3) is 2.66. The van der Waals surface area contributed by atoms with Gasteiger partial charge in [-0.1, -0.05) is 46.5 Å². The molecule has 4 rings (SSSR count). The number of fused-ring (bicyclic) bond motifs is 3. The highest BCUT2D eigenvalue weighted by atomic mass is 32.2. The molecule has 3 heterocycles. The topological polar surface area (TPSA) is 81.0 Å². The van der Waals surface area contributed by atoms with E-state index in [4.69, 9.17) is 0 Å². The molecule has 0 unspecified atom stereocenters. The monoisotopic (exact) mass is 339 g/mol. The third-order valence-corrected chi connectivity index (χ3v) is 5.17. The van der Waals surface area contributed by atoms with Gasteiger partial charge in [0.1, 0.15) is 12.1 Å². The Balaban J connectivity index is 1.99. The molecule has 0 aliphatic rings. The van der Waals surface area contributed by atoms with Crippen LogP contribution in [-0.4, -0.2) is 20.2 Å². The van der Waals surface area contributed by atoms with Gasteiger partial charge in [-0.15, -0.1) is 10.2 Å². The van der Waals surface area contributed by atoms with Crippen molar-refractivity contribution in [1.82, 2.24) is 20.2 Å². The Morgan fingerprint density at radius 2 is 2.17 bits per heavy atom. The quantitative estimate of drug-likeness (QED) is 0.412. The van der Waals surface area contributed by atoms with Gasteiger partial charge in [-0.05, 0) is 12.1 Å². The lowest BCUT2D eigenvalue weighted by molar-refractivity contribution is 0.985. The molecule has 0 radical (unpaired) electrons. The van der Waals surface area contributed by atoms with E-state index in [0.29, 0.717) is 5.69 Å². The smallest absolute Gasteiger partial charge is 0.178 e. The fraction of sp³-hybridized carbons (Fsp3) is 0.0667. The number of nitroso groups, excluding NO2 is 1. The normalized spacial score (nSPS) is 11.1. The molecule has 0 aliphatic heterocycles. The first kappa shape index (κ1) is 14.2. The Labute approximate surface area is 139 Å². The van der Waals surface area contributed by atoms with Crippen molar-refractivity contribution in [3.8, 4) is 0 Å². The van der Waals surface area contributed by atoms with Gasteiger partial charge in [0.25, 0.3) is 0 Å². The van der Waals surface area contributed by atoms with Gasteiger partial charge < -0.3 is 0 Å². The van der Waals surface area contributed by atoms with E-state index < -0.39 is 0 Å². The van der Waals surface area contributed by atoms with Gasteiger partial charge in [0.15, 0.2) is 4.34 Å². The van der Waals surface area contributed by atoms with Crippen LogP contribution in [0.25, 0.3) is 21.8 Å². The Kier molecular flexibility index (Phi) is 3.68. The highest BCUT2D eigenvalue weighted by Gasteiger charge is 2.12. The van der Waals surface area contributed by atoms with E-state index in [9.17, 15) is 4.91 Å². The molecule has 0 saturated heterocycles. The molecule has 0 bridgehead atoms. The summed E-state index contributed by atoms with van der Waals surface area (Å²) in [5.74, 6) is 0. The summed E-state index contributed by atoms with van der Waals surface area (Å²) in [6.45, 7) is 0.0306. The Morgan fingerprint density at radius 1 is 1.22 bits per heavy atom. The summed E-state index contributed by atoms with van der Waals surface area (Å²) in [5, 5.41) is 12.9. The predicted molar refractivity (Wildman–Crippen MR) is 90.6 cm³/mol. The molecule has 6 nitrogen and oxygen atoms in total. The molecule has 4 aromatic rings. The van der Waals surface area contributed by atoms with Crippen LogP contribution in [0.2, 0.25) is 0 Å². The third-order valence-electron chi connectivity index (χ3n) is 3.33. The van der Waals surface area contributed by atoms with Crippen LogP contribution >= 0.6 is 23.1 Å². The zero-order valence-electron chi connectivity index (χ0n) is 11.7. The minimum absolute atomic E-state index is 0.0306. The molecule has 0 atom stereocenters. The lowest BCUT2D eigenvalue weighted by Gasteiger charge is -2.08. The van der Waals surface area contributed by atoms with Crippen molar-refractivity contribution in [2.24, 2.45) is 5.18 Å². The summed E-state index contributed by atoms with van der Waals surface area (Å²) < 4.78 is 0.837. The van der Waals surface area contributed by atoms with Crippen LogP contribution in [0.15, 0.2) is 56.5 Å². The molecule has 1 aromatic carbocycles. The van der Waals surface area contributed by atoms with Gasteiger partial charge in [-0.25, -0.2) is 4.98 Å². The number of benzene rings is 1. The van der Waals surface area contributed by atoms with E-state index in [-0.39, 0.29) is 6.54 Å². The molecule has 112 valence electrons. The molecular weight excluding hydrogens is 330 g/mol. The molecule has 0 fully saturated rings. The van der Waals surface area contributed by atoms with Crippen LogP contribution in [0.3, 0.4) is 0 Å². The van der Waals surface area contributed by atoms with Crippen molar-refractivity contribution < 1.29 is 0 Å². The first-order valence-electron chi connectivity index (χ1n) is 6.75. The zero-order chi connectivity index (χ0) is 15.6. The predicted octanol–water partition coefficient (Wildman–Crippen LogP) is 4.05. The number of rotatable bonds is 4. The van der Waals surface area contributed by atoms with Gasteiger partial charge in [0.05, 0.1) is 16.7 Å².